The number of hydrogen-bond acceptors (Lipinski definition) is 4. The number of ketones is 2. The van der Waals surface area contributed by atoms with Gasteiger partial charge in [-0.3, -0.25) is 14.4 Å². The highest BCUT2D eigenvalue weighted by Gasteiger charge is 2.60. The predicted molar refractivity (Wildman–Crippen MR) is 92.7 cm³/mol. The molecule has 4 aliphatic rings. The van der Waals surface area contributed by atoms with Crippen molar-refractivity contribution in [1.29, 1.82) is 0 Å². The second-order valence-corrected chi connectivity index (χ2v) is 9.31. The van der Waals surface area contributed by atoms with Gasteiger partial charge in [0, 0.05) is 32.1 Å². The molecule has 4 nitrogen and oxygen atoms in total. The summed E-state index contributed by atoms with van der Waals surface area (Å²) in [5.74, 6) is 0.858. The van der Waals surface area contributed by atoms with Crippen molar-refractivity contribution in [2.24, 2.45) is 28.6 Å². The van der Waals surface area contributed by atoms with Crippen molar-refractivity contribution < 1.29 is 19.1 Å². The molecule has 25 heavy (non-hydrogen) atoms. The lowest BCUT2D eigenvalue weighted by molar-refractivity contribution is -0.149. The Balaban J connectivity index is 1.66. The van der Waals surface area contributed by atoms with Gasteiger partial charge in [0.05, 0.1) is 0 Å². The summed E-state index contributed by atoms with van der Waals surface area (Å²) >= 11 is 0. The van der Waals surface area contributed by atoms with Crippen LogP contribution in [-0.2, 0) is 19.1 Å². The molecule has 0 aromatic rings. The summed E-state index contributed by atoms with van der Waals surface area (Å²) in [6.45, 7) is 5.96. The molecular formula is C21H28O4. The molecule has 0 heterocycles. The van der Waals surface area contributed by atoms with E-state index in [9.17, 15) is 14.4 Å². The van der Waals surface area contributed by atoms with E-state index in [1.54, 1.807) is 0 Å². The molecule has 0 N–H and O–H groups in total. The van der Waals surface area contributed by atoms with Gasteiger partial charge in [-0.2, -0.15) is 0 Å². The Hall–Kier alpha value is -1.45. The number of rotatable bonds is 1. The number of carbonyl (C=O) groups excluding carboxylic acids is 3. The molecule has 0 aromatic heterocycles. The fourth-order valence-corrected chi connectivity index (χ4v) is 6.49. The maximum absolute atomic E-state index is 13.1. The van der Waals surface area contributed by atoms with E-state index in [0.29, 0.717) is 31.0 Å². The zero-order chi connectivity index (χ0) is 18.0. The Bertz CT molecular complexity index is 677. The Morgan fingerprint density at radius 1 is 1.12 bits per heavy atom. The van der Waals surface area contributed by atoms with Crippen LogP contribution >= 0.6 is 0 Å². The van der Waals surface area contributed by atoms with E-state index in [2.05, 4.69) is 13.8 Å². The molecule has 0 aromatic carbocycles. The molecule has 0 spiro atoms. The quantitative estimate of drug-likeness (QED) is 0.682. The smallest absolute Gasteiger partial charge is 0.302 e. The van der Waals surface area contributed by atoms with E-state index < -0.39 is 0 Å². The lowest BCUT2D eigenvalue weighted by Gasteiger charge is -2.56. The normalized spacial score (nSPS) is 46.0. The number of hydrogen-bond donors (Lipinski definition) is 0. The Kier molecular flexibility index (Phi) is 3.75. The predicted octanol–water partition coefficient (Wildman–Crippen LogP) is 3.63. The third kappa shape index (κ3) is 2.51. The molecule has 4 heteroatoms. The van der Waals surface area contributed by atoms with Crippen LogP contribution in [-0.4, -0.2) is 23.6 Å². The standard InChI is InChI=1S/C21H28O4/c1-12(22)25-15-4-7-21(3)13(8-15)9-18(24)19-16(21)5-6-20(2)11-14(23)10-17(19)20/h9,15-17,19H,4-8,10-11H2,1-3H3/t15-,16-,17-,19+,20+,21-/m0/s1. The molecule has 3 saturated carbocycles. The minimum atomic E-state index is -0.243. The number of carbonyl (C=O) groups is 3. The van der Waals surface area contributed by atoms with Gasteiger partial charge >= 0.3 is 5.97 Å². The maximum atomic E-state index is 13.1. The van der Waals surface area contributed by atoms with Gasteiger partial charge in [-0.1, -0.05) is 19.4 Å². The van der Waals surface area contributed by atoms with Crippen molar-refractivity contribution in [3.63, 3.8) is 0 Å². The highest BCUT2D eigenvalue weighted by molar-refractivity contribution is 5.95. The first-order valence-corrected chi connectivity index (χ1v) is 9.67. The van der Waals surface area contributed by atoms with Crippen LogP contribution in [0.1, 0.15) is 65.7 Å². The summed E-state index contributed by atoms with van der Waals surface area (Å²) < 4.78 is 5.42. The lowest BCUT2D eigenvalue weighted by Crippen LogP contribution is -2.52. The van der Waals surface area contributed by atoms with Gasteiger partial charge in [0.2, 0.25) is 0 Å². The van der Waals surface area contributed by atoms with Crippen LogP contribution in [0.2, 0.25) is 0 Å². The highest BCUT2D eigenvalue weighted by atomic mass is 16.5. The van der Waals surface area contributed by atoms with Crippen LogP contribution in [0, 0.1) is 28.6 Å². The molecule has 4 aliphatic carbocycles. The Morgan fingerprint density at radius 3 is 2.60 bits per heavy atom. The van der Waals surface area contributed by atoms with Crippen molar-refractivity contribution in [3.05, 3.63) is 11.6 Å². The first-order chi connectivity index (χ1) is 11.7. The molecule has 136 valence electrons. The van der Waals surface area contributed by atoms with E-state index in [-0.39, 0.29) is 40.5 Å². The van der Waals surface area contributed by atoms with Crippen LogP contribution in [0.5, 0.6) is 0 Å². The maximum Gasteiger partial charge on any atom is 0.302 e. The molecule has 0 unspecified atom stereocenters. The molecular weight excluding hydrogens is 316 g/mol. The van der Waals surface area contributed by atoms with Crippen LogP contribution in [0.4, 0.5) is 0 Å². The largest absolute Gasteiger partial charge is 0.462 e. The van der Waals surface area contributed by atoms with Gasteiger partial charge in [0.1, 0.15) is 11.9 Å². The van der Waals surface area contributed by atoms with E-state index in [1.807, 2.05) is 6.08 Å². The third-order valence-electron chi connectivity index (χ3n) is 7.80. The second kappa shape index (κ2) is 5.52. The first kappa shape index (κ1) is 17.0. The van der Waals surface area contributed by atoms with Gasteiger partial charge in [-0.25, -0.2) is 0 Å². The monoisotopic (exact) mass is 344 g/mol. The van der Waals surface area contributed by atoms with Crippen LogP contribution in [0.25, 0.3) is 0 Å². The van der Waals surface area contributed by atoms with Crippen molar-refractivity contribution in [1.82, 2.24) is 0 Å². The minimum absolute atomic E-state index is 0.00391. The second-order valence-electron chi connectivity index (χ2n) is 9.31. The zero-order valence-corrected chi connectivity index (χ0v) is 15.5. The number of esters is 1. The summed E-state index contributed by atoms with van der Waals surface area (Å²) in [7, 11) is 0. The van der Waals surface area contributed by atoms with Crippen LogP contribution in [0.15, 0.2) is 11.6 Å². The van der Waals surface area contributed by atoms with Crippen LogP contribution in [0.3, 0.4) is 0 Å². The van der Waals surface area contributed by atoms with E-state index in [0.717, 1.165) is 25.7 Å². The van der Waals surface area contributed by atoms with Gasteiger partial charge in [0.25, 0.3) is 0 Å². The van der Waals surface area contributed by atoms with E-state index in [4.69, 9.17) is 4.74 Å². The summed E-state index contributed by atoms with van der Waals surface area (Å²) in [6.07, 6.45) is 7.58. The number of ether oxygens (including phenoxy) is 1. The van der Waals surface area contributed by atoms with Gasteiger partial charge < -0.3 is 4.74 Å². The van der Waals surface area contributed by atoms with Crippen molar-refractivity contribution >= 4 is 17.5 Å². The fraction of sp³-hybridized carbons (Fsp3) is 0.762. The molecule has 0 saturated heterocycles. The number of fused-ring (bicyclic) bond motifs is 5. The molecule has 0 aliphatic heterocycles. The van der Waals surface area contributed by atoms with Gasteiger partial charge in [-0.05, 0) is 54.4 Å². The molecule has 0 bridgehead atoms. The van der Waals surface area contributed by atoms with Crippen molar-refractivity contribution in [2.75, 3.05) is 0 Å². The summed E-state index contributed by atoms with van der Waals surface area (Å²) in [6, 6.07) is 0. The minimum Gasteiger partial charge on any atom is -0.462 e. The van der Waals surface area contributed by atoms with Crippen molar-refractivity contribution in [3.8, 4) is 0 Å². The molecule has 6 atom stereocenters. The number of Topliss-reactive ketones (excluding diaryl/α,β-unsaturated/α-hetero) is 1. The summed E-state index contributed by atoms with van der Waals surface area (Å²) in [4.78, 5) is 36.5. The molecule has 0 radical (unpaired) electrons. The van der Waals surface area contributed by atoms with Gasteiger partial charge in [0.15, 0.2) is 5.78 Å². The number of allylic oxidation sites excluding steroid dienone is 1. The first-order valence-electron chi connectivity index (χ1n) is 9.67. The van der Waals surface area contributed by atoms with E-state index in [1.165, 1.54) is 12.5 Å². The topological polar surface area (TPSA) is 60.4 Å². The average Bonchev–Trinajstić information content (AvgIpc) is 2.82. The highest BCUT2D eigenvalue weighted by Crippen LogP contribution is 2.63. The summed E-state index contributed by atoms with van der Waals surface area (Å²) in [5.41, 5.74) is 1.21. The Labute approximate surface area is 149 Å². The average molecular weight is 344 g/mol. The lowest BCUT2D eigenvalue weighted by atomic mass is 9.48. The van der Waals surface area contributed by atoms with Crippen molar-refractivity contribution in [2.45, 2.75) is 71.8 Å². The summed E-state index contributed by atoms with van der Waals surface area (Å²) in [5, 5.41) is 0. The molecule has 3 fully saturated rings. The molecule has 4 rings (SSSR count). The zero-order valence-electron chi connectivity index (χ0n) is 15.5. The van der Waals surface area contributed by atoms with Gasteiger partial charge in [-0.15, -0.1) is 0 Å². The Morgan fingerprint density at radius 2 is 1.88 bits per heavy atom. The fourth-order valence-electron chi connectivity index (χ4n) is 6.49. The molecule has 0 amide bonds. The SMILES string of the molecule is CC(=O)O[C@H]1CC[C@@]2(C)C(=CC(=O)[C@H]3[C@@H]4CC(=O)C[C@@]4(C)CC[C@@H]32)C1. The third-order valence-corrected chi connectivity index (χ3v) is 7.80. The van der Waals surface area contributed by atoms with Crippen LogP contribution < -0.4 is 0 Å². The van der Waals surface area contributed by atoms with E-state index >= 15 is 0 Å².